The number of rotatable bonds is 10. The summed E-state index contributed by atoms with van der Waals surface area (Å²) in [5.74, 6) is -1.26. The summed E-state index contributed by atoms with van der Waals surface area (Å²) in [6.45, 7) is -0.214. The average molecular weight is 717 g/mol. The maximum absolute atomic E-state index is 13.9. The lowest BCUT2D eigenvalue weighted by Crippen LogP contribution is -2.74. The lowest BCUT2D eigenvalue weighted by Gasteiger charge is -2.52. The van der Waals surface area contributed by atoms with Crippen molar-refractivity contribution in [3.8, 4) is 0 Å². The van der Waals surface area contributed by atoms with Crippen molar-refractivity contribution in [1.29, 1.82) is 0 Å². The highest BCUT2D eigenvalue weighted by Crippen LogP contribution is 2.39. The number of alkyl halides is 3. The van der Waals surface area contributed by atoms with Gasteiger partial charge in [-0.25, -0.2) is 4.79 Å². The molecule has 3 amide bonds. The van der Waals surface area contributed by atoms with E-state index in [4.69, 9.17) is 4.74 Å². The Hall–Kier alpha value is -4.20. The fourth-order valence-electron chi connectivity index (χ4n) is 5.44. The molecule has 4 atom stereocenters. The Bertz CT molecular complexity index is 1570. The molecule has 2 saturated heterocycles. The van der Waals surface area contributed by atoms with Gasteiger partial charge in [0.25, 0.3) is 0 Å². The zero-order valence-electron chi connectivity index (χ0n) is 23.1. The second-order valence-corrected chi connectivity index (χ2v) is 11.6. The van der Waals surface area contributed by atoms with Gasteiger partial charge in [-0.15, -0.1) is 0 Å². The molecule has 3 aromatic carbocycles. The summed E-state index contributed by atoms with van der Waals surface area (Å²) in [5.41, 5.74) is 0.921. The summed E-state index contributed by atoms with van der Waals surface area (Å²) < 4.78 is 44.5. The number of hydrogen-bond donors (Lipinski definition) is 1. The molecule has 0 aliphatic carbocycles. The fourth-order valence-corrected chi connectivity index (χ4v) is 5.86. The van der Waals surface area contributed by atoms with Crippen LogP contribution in [0.1, 0.15) is 34.7 Å². The van der Waals surface area contributed by atoms with Crippen molar-refractivity contribution in [3.63, 3.8) is 0 Å². The second-order valence-electron chi connectivity index (χ2n) is 10.4. The highest BCUT2D eigenvalue weighted by molar-refractivity contribution is 14.1. The minimum absolute atomic E-state index is 0.0366. The number of amides is 3. The van der Waals surface area contributed by atoms with E-state index in [0.29, 0.717) is 0 Å². The zero-order valence-corrected chi connectivity index (χ0v) is 25.3. The molecular weight excluding hydrogens is 690 g/mol. The minimum atomic E-state index is -4.55. The van der Waals surface area contributed by atoms with E-state index in [1.165, 1.54) is 44.5 Å². The molecule has 3 aromatic rings. The Kier molecular flexibility index (Phi) is 9.37. The van der Waals surface area contributed by atoms with Gasteiger partial charge in [-0.05, 0) is 51.4 Å². The average Bonchev–Trinajstić information content (AvgIpc) is 3.38. The monoisotopic (exact) mass is 717 g/mol. The first kappa shape index (κ1) is 31.2. The molecule has 0 aromatic heterocycles. The van der Waals surface area contributed by atoms with Crippen LogP contribution >= 0.6 is 22.6 Å². The summed E-state index contributed by atoms with van der Waals surface area (Å²) in [5, 5.41) is 2.59. The van der Waals surface area contributed by atoms with Crippen molar-refractivity contribution in [3.05, 3.63) is 113 Å². The van der Waals surface area contributed by atoms with Gasteiger partial charge in [0.2, 0.25) is 11.8 Å². The van der Waals surface area contributed by atoms with E-state index in [2.05, 4.69) is 5.32 Å². The van der Waals surface area contributed by atoms with E-state index in [1.54, 1.807) is 12.2 Å². The Labute approximate surface area is 265 Å². The second kappa shape index (κ2) is 13.2. The number of nitrogens with zero attached hydrogens (tertiary/aromatic N) is 2. The molecule has 0 radical (unpaired) electrons. The van der Waals surface area contributed by atoms with Crippen molar-refractivity contribution < 1.29 is 37.1 Å². The van der Waals surface area contributed by atoms with Crippen molar-refractivity contribution >= 4 is 50.4 Å². The van der Waals surface area contributed by atoms with Crippen LogP contribution in [0.5, 0.6) is 0 Å². The third-order valence-electron chi connectivity index (χ3n) is 7.55. The first-order chi connectivity index (χ1) is 21.0. The van der Waals surface area contributed by atoms with E-state index in [1.807, 2.05) is 60.7 Å². The molecule has 44 heavy (non-hydrogen) atoms. The summed E-state index contributed by atoms with van der Waals surface area (Å²) in [7, 11) is 0. The summed E-state index contributed by atoms with van der Waals surface area (Å²) in [4.78, 5) is 55.3. The van der Waals surface area contributed by atoms with E-state index >= 15 is 0 Å². The first-order valence-electron chi connectivity index (χ1n) is 13.7. The molecule has 8 nitrogen and oxygen atoms in total. The van der Waals surface area contributed by atoms with Crippen LogP contribution in [0.15, 0.2) is 91.0 Å². The van der Waals surface area contributed by atoms with Crippen LogP contribution in [0.25, 0.3) is 6.08 Å². The normalized spacial score (nSPS) is 20.8. The third-order valence-corrected chi connectivity index (χ3v) is 7.99. The predicted octanol–water partition coefficient (Wildman–Crippen LogP) is 5.53. The van der Waals surface area contributed by atoms with Crippen LogP contribution < -0.4 is 5.32 Å². The number of cyclic esters (lactones) is 1. The molecule has 1 N–H and O–H groups in total. The van der Waals surface area contributed by atoms with Crippen LogP contribution in [0.2, 0.25) is 0 Å². The van der Waals surface area contributed by atoms with Gasteiger partial charge in [-0.3, -0.25) is 19.3 Å². The number of β-lactam (4-membered cyclic amide) rings is 1. The quantitative estimate of drug-likeness (QED) is 0.169. The maximum Gasteiger partial charge on any atom is 0.416 e. The van der Waals surface area contributed by atoms with E-state index in [0.717, 1.165) is 23.3 Å². The Balaban J connectivity index is 1.44. The van der Waals surface area contributed by atoms with Crippen LogP contribution in [-0.4, -0.2) is 56.2 Å². The molecule has 2 aliphatic heterocycles. The number of hydrogen-bond acceptors (Lipinski definition) is 5. The highest BCUT2D eigenvalue weighted by Gasteiger charge is 2.58. The molecule has 2 heterocycles. The Morgan fingerprint density at radius 2 is 1.68 bits per heavy atom. The van der Waals surface area contributed by atoms with Gasteiger partial charge < -0.3 is 15.0 Å². The first-order valence-corrected chi connectivity index (χ1v) is 14.8. The van der Waals surface area contributed by atoms with Crippen LogP contribution in [0.4, 0.5) is 18.0 Å². The van der Waals surface area contributed by atoms with Gasteiger partial charge in [0, 0.05) is 13.0 Å². The molecule has 12 heteroatoms. The van der Waals surface area contributed by atoms with Gasteiger partial charge in [0.1, 0.15) is 18.7 Å². The van der Waals surface area contributed by atoms with Crippen molar-refractivity contribution in [2.45, 2.75) is 43.3 Å². The number of nitrogens with one attached hydrogen (secondary N) is 1. The van der Waals surface area contributed by atoms with Gasteiger partial charge in [0.15, 0.2) is 3.79 Å². The van der Waals surface area contributed by atoms with Crippen LogP contribution in [-0.2, 0) is 31.8 Å². The smallest absolute Gasteiger partial charge is 0.416 e. The summed E-state index contributed by atoms with van der Waals surface area (Å²) in [6, 6.07) is 19.2. The summed E-state index contributed by atoms with van der Waals surface area (Å²) in [6.07, 6.45) is -2.10. The van der Waals surface area contributed by atoms with E-state index in [9.17, 15) is 32.3 Å². The van der Waals surface area contributed by atoms with Gasteiger partial charge in [-0.2, -0.15) is 13.2 Å². The maximum atomic E-state index is 13.9. The fraction of sp³-hybridized carbons (Fsp3) is 0.250. The zero-order chi connectivity index (χ0) is 31.4. The van der Waals surface area contributed by atoms with E-state index in [-0.39, 0.29) is 25.1 Å². The molecular formula is C32H27F3IN3O5. The predicted molar refractivity (Wildman–Crippen MR) is 163 cm³/mol. The minimum Gasteiger partial charge on any atom is -0.447 e. The Morgan fingerprint density at radius 1 is 1.00 bits per heavy atom. The van der Waals surface area contributed by atoms with Crippen LogP contribution in [0, 0.1) is 0 Å². The SMILES string of the molecule is O=C(I)C[C@H](C(=O)NCc1cccc(C(F)(F)F)c1)N1C(=O)[C@@H](N2C(=O)OC[C@@H]2c2ccccc2)[C@H]1/C=C/c1ccccc1. The lowest BCUT2D eigenvalue weighted by molar-refractivity contribution is -0.163. The van der Waals surface area contributed by atoms with E-state index < -0.39 is 57.6 Å². The largest absolute Gasteiger partial charge is 0.447 e. The van der Waals surface area contributed by atoms with Gasteiger partial charge in [-0.1, -0.05) is 84.9 Å². The number of ether oxygens (including phenoxy) is 1. The van der Waals surface area contributed by atoms with Gasteiger partial charge in [0.05, 0.1) is 17.6 Å². The third kappa shape index (κ3) is 6.79. The lowest BCUT2D eigenvalue weighted by atomic mass is 9.87. The van der Waals surface area contributed by atoms with Crippen molar-refractivity contribution in [2.24, 2.45) is 0 Å². The number of benzene rings is 3. The molecule has 0 saturated carbocycles. The number of halogens is 4. The number of carbonyl (C=O) groups excluding carboxylic acids is 4. The van der Waals surface area contributed by atoms with Gasteiger partial charge >= 0.3 is 12.3 Å². The molecule has 2 fully saturated rings. The topological polar surface area (TPSA) is 96.0 Å². The summed E-state index contributed by atoms with van der Waals surface area (Å²) >= 11 is 1.54. The molecule has 5 rings (SSSR count). The number of carbonyl (C=O) groups is 4. The van der Waals surface area contributed by atoms with Crippen molar-refractivity contribution in [2.75, 3.05) is 6.61 Å². The molecule has 0 unspecified atom stereocenters. The molecule has 2 aliphatic rings. The molecule has 0 spiro atoms. The van der Waals surface area contributed by atoms with Crippen molar-refractivity contribution in [1.82, 2.24) is 15.1 Å². The standard InChI is InChI=1S/C32H27F3IN3O5/c33-32(34,35)23-13-7-10-21(16-23)18-37-29(41)25(17-27(36)40)38-24(15-14-20-8-3-1-4-9-20)28(30(38)42)39-26(19-44-31(39)43)22-11-5-2-6-12-22/h1-16,24-26,28H,17-19H2,(H,37,41)/b15-14+/t24-,25-,26-,28+/m1/s1. The van der Waals surface area contributed by atoms with Crippen LogP contribution in [0.3, 0.4) is 0 Å². The highest BCUT2D eigenvalue weighted by atomic mass is 127. The number of likely N-dealkylation sites (tertiary alicyclic amines) is 1. The Morgan fingerprint density at radius 3 is 2.34 bits per heavy atom. The molecule has 228 valence electrons. The molecule has 0 bridgehead atoms.